The molecular formula is C30H34N2O2S. The zero-order valence-electron chi connectivity index (χ0n) is 21.4. The molecule has 0 saturated heterocycles. The third kappa shape index (κ3) is 5.91. The van der Waals surface area contributed by atoms with E-state index in [1.54, 1.807) is 0 Å². The van der Waals surface area contributed by atoms with E-state index in [2.05, 4.69) is 64.3 Å². The Bertz CT molecular complexity index is 1260. The fraction of sp³-hybridized carbons (Fsp3) is 0.333. The molecule has 0 aliphatic carbocycles. The number of carbonyl (C=O) groups excluding carboxylic acids is 1. The number of aryl methyl sites for hydroxylation is 1. The summed E-state index contributed by atoms with van der Waals surface area (Å²) in [4.78, 5) is 13.1. The summed E-state index contributed by atoms with van der Waals surface area (Å²) in [5.74, 6) is 0.876. The Labute approximate surface area is 214 Å². The predicted molar refractivity (Wildman–Crippen MR) is 148 cm³/mol. The van der Waals surface area contributed by atoms with Crippen molar-refractivity contribution >= 4 is 28.8 Å². The Morgan fingerprint density at radius 1 is 1.00 bits per heavy atom. The van der Waals surface area contributed by atoms with Gasteiger partial charge in [-0.05, 0) is 62.2 Å². The van der Waals surface area contributed by atoms with E-state index >= 15 is 0 Å². The molecule has 0 aromatic heterocycles. The highest BCUT2D eigenvalue weighted by molar-refractivity contribution is 7.80. The van der Waals surface area contributed by atoms with Gasteiger partial charge in [-0.25, -0.2) is 0 Å². The van der Waals surface area contributed by atoms with E-state index in [4.69, 9.17) is 17.0 Å². The van der Waals surface area contributed by atoms with Crippen molar-refractivity contribution in [3.63, 3.8) is 0 Å². The summed E-state index contributed by atoms with van der Waals surface area (Å²) in [5, 5.41) is 7.24. The molecule has 182 valence electrons. The zero-order valence-corrected chi connectivity index (χ0v) is 22.2. The lowest BCUT2D eigenvalue weighted by atomic mass is 9.86. The van der Waals surface area contributed by atoms with Crippen molar-refractivity contribution in [2.24, 2.45) is 0 Å². The van der Waals surface area contributed by atoms with Gasteiger partial charge in [0.25, 0.3) is 0 Å². The van der Waals surface area contributed by atoms with Crippen LogP contribution in [0.5, 0.6) is 5.75 Å². The molecular weight excluding hydrogens is 452 g/mol. The number of ether oxygens (including phenoxy) is 1. The highest BCUT2D eigenvalue weighted by Crippen LogP contribution is 2.40. The lowest BCUT2D eigenvalue weighted by Gasteiger charge is -2.38. The Hall–Kier alpha value is -3.18. The number of fused-ring (bicyclic) bond motifs is 1. The van der Waals surface area contributed by atoms with Gasteiger partial charge < -0.3 is 15.4 Å². The molecule has 1 heterocycles. The number of thiocarbonyl (C=S) groups is 1. The van der Waals surface area contributed by atoms with Gasteiger partial charge in [-0.3, -0.25) is 4.79 Å². The van der Waals surface area contributed by atoms with Gasteiger partial charge in [0.05, 0.1) is 6.04 Å². The predicted octanol–water partition coefficient (Wildman–Crippen LogP) is 7.11. The second-order valence-corrected chi connectivity index (χ2v) is 11.4. The molecule has 0 bridgehead atoms. The third-order valence-corrected chi connectivity index (χ3v) is 6.54. The van der Waals surface area contributed by atoms with Gasteiger partial charge >= 0.3 is 0 Å². The summed E-state index contributed by atoms with van der Waals surface area (Å²) in [6.07, 6.45) is 0.786. The molecule has 3 aromatic carbocycles. The fourth-order valence-electron chi connectivity index (χ4n) is 4.45. The van der Waals surface area contributed by atoms with Crippen LogP contribution >= 0.6 is 12.2 Å². The third-order valence-electron chi connectivity index (χ3n) is 6.32. The van der Waals surface area contributed by atoms with Crippen LogP contribution < -0.4 is 15.4 Å². The van der Waals surface area contributed by atoms with E-state index in [9.17, 15) is 4.79 Å². The Kier molecular flexibility index (Phi) is 6.74. The number of rotatable bonds is 4. The minimum absolute atomic E-state index is 0.0106. The van der Waals surface area contributed by atoms with Crippen molar-refractivity contribution in [1.82, 2.24) is 5.32 Å². The van der Waals surface area contributed by atoms with Gasteiger partial charge in [0.15, 0.2) is 10.9 Å². The fourth-order valence-corrected chi connectivity index (χ4v) is 4.71. The number of nitrogens with one attached hydrogen (secondary N) is 2. The van der Waals surface area contributed by atoms with E-state index < -0.39 is 0 Å². The summed E-state index contributed by atoms with van der Waals surface area (Å²) in [6.45, 7) is 12.7. The summed E-state index contributed by atoms with van der Waals surface area (Å²) in [7, 11) is 0. The lowest BCUT2D eigenvalue weighted by molar-refractivity contribution is 0.0696. The molecule has 1 atom stereocenters. The molecule has 35 heavy (non-hydrogen) atoms. The van der Waals surface area contributed by atoms with Gasteiger partial charge in [-0.1, -0.05) is 74.9 Å². The molecule has 2 N–H and O–H groups in total. The minimum Gasteiger partial charge on any atom is -0.487 e. The van der Waals surface area contributed by atoms with Crippen LogP contribution in [-0.2, 0) is 5.41 Å². The first-order valence-electron chi connectivity index (χ1n) is 12.0. The molecule has 4 nitrogen and oxygen atoms in total. The van der Waals surface area contributed by atoms with Crippen LogP contribution in [0.15, 0.2) is 66.7 Å². The monoisotopic (exact) mass is 486 g/mol. The highest BCUT2D eigenvalue weighted by atomic mass is 32.1. The maximum Gasteiger partial charge on any atom is 0.193 e. The van der Waals surface area contributed by atoms with Gasteiger partial charge in [-0.15, -0.1) is 0 Å². The van der Waals surface area contributed by atoms with Gasteiger partial charge in [0.1, 0.15) is 11.4 Å². The molecule has 0 unspecified atom stereocenters. The zero-order chi connectivity index (χ0) is 25.4. The standard InChI is InChI=1S/C30H34N2O2S/c1-19-10-15-26-24(16-19)25(18-30(5,6)34-26)32-28(35)31-23-9-7-8-21(17-23)27(33)20-11-13-22(14-12-20)29(2,3)4/h7-17,25H,18H2,1-6H3,(H2,31,32,35)/t25-/m0/s1. The highest BCUT2D eigenvalue weighted by Gasteiger charge is 2.34. The molecule has 1 aliphatic rings. The molecule has 0 spiro atoms. The van der Waals surface area contributed by atoms with Crippen LogP contribution in [0.2, 0.25) is 0 Å². The van der Waals surface area contributed by atoms with E-state index in [1.165, 1.54) is 11.1 Å². The number of benzene rings is 3. The number of carbonyl (C=O) groups is 1. The van der Waals surface area contributed by atoms with Gasteiger partial charge in [-0.2, -0.15) is 0 Å². The number of anilines is 1. The van der Waals surface area contributed by atoms with Gasteiger partial charge in [0, 0.05) is 28.8 Å². The molecule has 4 rings (SSSR count). The average Bonchev–Trinajstić information content (AvgIpc) is 2.78. The lowest BCUT2D eigenvalue weighted by Crippen LogP contribution is -2.42. The largest absolute Gasteiger partial charge is 0.487 e. The van der Waals surface area contributed by atoms with Crippen LogP contribution in [-0.4, -0.2) is 16.5 Å². The average molecular weight is 487 g/mol. The SMILES string of the molecule is Cc1ccc2c(c1)[C@@H](NC(=S)Nc1cccc(C(=O)c3ccc(C(C)(C)C)cc3)c1)CC(C)(C)O2. The maximum atomic E-state index is 13.1. The van der Waals surface area contributed by atoms with E-state index in [-0.39, 0.29) is 22.8 Å². The van der Waals surface area contributed by atoms with Crippen molar-refractivity contribution in [2.75, 3.05) is 5.32 Å². The van der Waals surface area contributed by atoms with E-state index in [0.29, 0.717) is 16.2 Å². The summed E-state index contributed by atoms with van der Waals surface area (Å²) in [6, 6.07) is 21.6. The topological polar surface area (TPSA) is 50.4 Å². The second kappa shape index (κ2) is 9.46. The smallest absolute Gasteiger partial charge is 0.193 e. The van der Waals surface area contributed by atoms with Gasteiger partial charge in [0.2, 0.25) is 0 Å². The Morgan fingerprint density at radius 2 is 1.71 bits per heavy atom. The van der Waals surface area contributed by atoms with Crippen molar-refractivity contribution in [3.8, 4) is 5.75 Å². The van der Waals surface area contributed by atoms with Crippen molar-refractivity contribution in [2.45, 2.75) is 65.0 Å². The first-order chi connectivity index (χ1) is 16.4. The Balaban J connectivity index is 1.48. The van der Waals surface area contributed by atoms with Crippen molar-refractivity contribution < 1.29 is 9.53 Å². The normalized spacial score (nSPS) is 16.6. The minimum atomic E-state index is -0.301. The Morgan fingerprint density at radius 3 is 2.40 bits per heavy atom. The van der Waals surface area contributed by atoms with Crippen LogP contribution in [0.25, 0.3) is 0 Å². The van der Waals surface area contributed by atoms with E-state index in [0.717, 1.165) is 23.4 Å². The van der Waals surface area contributed by atoms with Crippen LogP contribution in [0.4, 0.5) is 5.69 Å². The quantitative estimate of drug-likeness (QED) is 0.304. The summed E-state index contributed by atoms with van der Waals surface area (Å²) < 4.78 is 6.17. The second-order valence-electron chi connectivity index (χ2n) is 11.0. The first kappa shape index (κ1) is 24.9. The molecule has 1 aliphatic heterocycles. The number of hydrogen-bond acceptors (Lipinski definition) is 3. The van der Waals surface area contributed by atoms with Crippen LogP contribution in [0.1, 0.15) is 79.7 Å². The molecule has 5 heteroatoms. The summed E-state index contributed by atoms with van der Waals surface area (Å²) >= 11 is 5.66. The van der Waals surface area contributed by atoms with E-state index in [1.807, 2.05) is 54.6 Å². The number of ketones is 1. The van der Waals surface area contributed by atoms with Crippen LogP contribution in [0.3, 0.4) is 0 Å². The molecule has 0 radical (unpaired) electrons. The summed E-state index contributed by atoms with van der Waals surface area (Å²) in [5.41, 5.74) is 5.30. The molecule has 3 aromatic rings. The molecule has 0 amide bonds. The maximum absolute atomic E-state index is 13.1. The number of hydrogen-bond donors (Lipinski definition) is 2. The molecule has 0 fully saturated rings. The molecule has 0 saturated carbocycles. The van der Waals surface area contributed by atoms with Crippen LogP contribution in [0, 0.1) is 6.92 Å². The van der Waals surface area contributed by atoms with Crippen molar-refractivity contribution in [3.05, 3.63) is 94.5 Å². The first-order valence-corrected chi connectivity index (χ1v) is 12.4. The van der Waals surface area contributed by atoms with Crippen molar-refractivity contribution in [1.29, 1.82) is 0 Å².